The second-order valence-electron chi connectivity index (χ2n) is 42.8. The fourth-order valence-corrected chi connectivity index (χ4v) is 20.8. The Kier molecular flexibility index (Phi) is 28.3. The number of rotatable bonds is 20. The molecular weight excluding hydrogens is 1920 g/mol. The topological polar surface area (TPSA) is 473 Å². The van der Waals surface area contributed by atoms with Crippen LogP contribution in [0.5, 0.6) is 0 Å². The fourth-order valence-electron chi connectivity index (χ4n) is 20.8. The number of anilines is 3. The summed E-state index contributed by atoms with van der Waals surface area (Å²) in [5, 5.41) is 69.5. The third kappa shape index (κ3) is 21.1. The molecule has 8 heterocycles. The Morgan fingerprint density at radius 3 is 0.959 bits per heavy atom. The zero-order valence-electron chi connectivity index (χ0n) is 82.3. The van der Waals surface area contributed by atoms with Gasteiger partial charge in [-0.25, -0.2) is 73.1 Å². The molecule has 12 fully saturated rings. The van der Waals surface area contributed by atoms with Crippen LogP contribution in [0.3, 0.4) is 0 Å². The normalized spacial score (nSPS) is 23.9. The number of ether oxygens (including phenoxy) is 5. The number of nitrogens with zero attached hydrogens (tertiary/aromatic N) is 11. The average molecular weight is 2030 g/mol. The number of pyridine rings is 4. The number of carbonyl (C=O) groups excluding carboxylic acids is 5. The number of halogens is 9. The molecule has 8 saturated carbocycles. The minimum atomic E-state index is -1.51. The number of carboxylic acids is 2. The van der Waals surface area contributed by atoms with E-state index >= 15 is 13.2 Å². The number of alkyl halides is 4. The highest BCUT2D eigenvalue weighted by Crippen LogP contribution is 2.54. The molecule has 34 nitrogen and oxygen atoms in total. The van der Waals surface area contributed by atoms with Gasteiger partial charge in [0.15, 0.2) is 11.6 Å². The van der Waals surface area contributed by atoms with Crippen LogP contribution in [0.25, 0.3) is 43.6 Å². The maximum atomic E-state index is 15.7. The second kappa shape index (κ2) is 39.4. The summed E-state index contributed by atoms with van der Waals surface area (Å²) < 4.78 is 161. The van der Waals surface area contributed by atoms with Crippen LogP contribution in [-0.2, 0) is 23.7 Å². The molecule has 20 rings (SSSR count). The molecule has 12 atom stereocenters. The van der Waals surface area contributed by atoms with Gasteiger partial charge in [-0.05, 0) is 196 Å². The summed E-state index contributed by atoms with van der Waals surface area (Å²) in [6.07, 6.45) is 9.02. The van der Waals surface area contributed by atoms with Gasteiger partial charge in [0, 0.05) is 130 Å². The Bertz CT molecular complexity index is 7160. The molecule has 4 aromatic carbocycles. The smallest absolute Gasteiger partial charge is 0.408 e. The van der Waals surface area contributed by atoms with Gasteiger partial charge in [-0.15, -0.1) is 0 Å². The number of hydrogen-bond acceptors (Lipinski definition) is 25. The number of nitrogens with one attached hydrogen (secondary N) is 4. The Labute approximate surface area is 830 Å². The molecule has 0 bridgehead atoms. The molecule has 4 unspecified atom stereocenters. The van der Waals surface area contributed by atoms with Gasteiger partial charge in [0.2, 0.25) is 21.7 Å². The lowest BCUT2D eigenvalue weighted by Gasteiger charge is -2.28. The van der Waals surface area contributed by atoms with Crippen molar-refractivity contribution >= 4 is 103 Å². The van der Waals surface area contributed by atoms with Gasteiger partial charge in [0.25, 0.3) is 0 Å². The molecule has 12 aliphatic rings. The summed E-state index contributed by atoms with van der Waals surface area (Å²) in [6, 6.07) is 8.29. The first-order valence-electron chi connectivity index (χ1n) is 48.9. The van der Waals surface area contributed by atoms with E-state index in [4.69, 9.17) is 34.7 Å². The minimum Gasteiger partial charge on any atom is -0.477 e. The maximum absolute atomic E-state index is 15.7. The van der Waals surface area contributed by atoms with E-state index in [1.165, 1.54) is 26.0 Å². The van der Waals surface area contributed by atoms with Gasteiger partial charge in [0.05, 0.1) is 98.1 Å². The van der Waals surface area contributed by atoms with E-state index in [-0.39, 0.29) is 157 Å². The molecule has 146 heavy (non-hydrogen) atoms. The van der Waals surface area contributed by atoms with E-state index in [1.54, 1.807) is 70.1 Å². The highest BCUT2D eigenvalue weighted by atomic mass is 19.2. The third-order valence-electron chi connectivity index (χ3n) is 29.2. The largest absolute Gasteiger partial charge is 0.477 e. The SMILES string of the molecule is CC(C)(C)OC(=O)NC1([C@@H]2CCN(c3c(F)cc4c(=O)c(C(=O)O)cn(C5C[C@@H]5F)c4c3C#N)C2)CC1.CC(C)(C)OC(=O)NC1([C@@H]2CCNC2)CC1.CCOC(=O)c1cn(C2C[C@@H]2F)c2c(C#N)c(F)c(F)cc2c1=O.CCOC(=O)c1cn(C2C[C@@H]2F)c2c(C#N)c(N3CC[C@@H](C4(NC(=O)OC(C)(C)C)CC4)C3)c(F)cc2c1=O.N#Cc1c(N2CC[C@@H](C3(N)CC3)C2)c(F)cc2c(=O)c(C(=O)O)cn(C3C[C@@H]3F)c12. The van der Waals surface area contributed by atoms with Crippen molar-refractivity contribution in [3.63, 3.8) is 0 Å². The average Bonchev–Trinajstić information content (AvgIpc) is 0.981. The summed E-state index contributed by atoms with van der Waals surface area (Å²) in [5.41, 5.74) is -2.75. The molecule has 43 heteroatoms. The molecule has 0 radical (unpaired) electrons. The van der Waals surface area contributed by atoms with Crippen LogP contribution in [0.15, 0.2) is 68.2 Å². The third-order valence-corrected chi connectivity index (χ3v) is 29.2. The van der Waals surface area contributed by atoms with Crippen molar-refractivity contribution in [3.05, 3.63) is 164 Å². The molecule has 8 aliphatic carbocycles. The number of aromatic carboxylic acids is 2. The number of esters is 2. The van der Waals surface area contributed by atoms with Crippen LogP contribution in [0.1, 0.15) is 267 Å². The number of nitrogens with two attached hydrogens (primary N) is 1. The minimum absolute atomic E-state index is 0.00121. The molecule has 4 aromatic heterocycles. The van der Waals surface area contributed by atoms with E-state index in [0.717, 1.165) is 119 Å². The predicted octanol–water partition coefficient (Wildman–Crippen LogP) is 14.8. The van der Waals surface area contributed by atoms with E-state index in [1.807, 2.05) is 32.9 Å². The van der Waals surface area contributed by atoms with Crippen molar-refractivity contribution in [2.45, 2.75) is 267 Å². The molecule has 4 aliphatic heterocycles. The van der Waals surface area contributed by atoms with E-state index < -0.39 is 186 Å². The quantitative estimate of drug-likeness (QED) is 0.0212. The summed E-state index contributed by atoms with van der Waals surface area (Å²) in [7, 11) is 0. The lowest BCUT2D eigenvalue weighted by Crippen LogP contribution is -2.45. The fraction of sp³-hybridized carbons (Fsp3) is 0.544. The standard InChI is InChI=1S/C28H32F2N4O5.C26H28F2N4O5.C21H20F2N4O3.C16H11F3N2O3.C12H22N2O2/c1-5-38-25(36)18-14-34(21-11-19(21)29)22-16(24(18)35)10-20(30)23(17(22)12-31)33-9-6-15(13-33)28(7-8-28)32-26(37)39-27(2,3)4;1-25(2,3)37-24(36)30-26(5-6-26)13-4-7-31(11-13)21-15(10-29)20-14(8-18(21)28)22(33)16(23(34)35)12-32(20)19-9-17(19)27;22-14-6-16(14)27-9-13(20(29)30)19(28)11-5-15(23)18(12(7-24)17(11)27)26-4-1-10(8-26)21(25)2-3-21;1-2-24-16(23)9-6-21(12-4-10(12)17)14-7(15(9)22)3-11(18)13(19)8(14)5-20;1-11(2,3)16-10(15)14-12(5-6-12)9-4-7-13-8-9/h10,14-15,19,21H,5-9,11,13H2,1-4H3,(H,32,37);8,12-13,17,19H,4-7,9,11H2,1-3H3,(H,30,36)(H,34,35);5,9-10,14,16H,1-4,6,8,25H2,(H,29,30);3,6,10,12H,2,4H2,1H3;9,13H,4-8H2,1-3H3,(H,14,15)/t15-,19+,21?;13-,17+,19?;10-,14+,16?;10-,12?;9-/m11101/s1. The van der Waals surface area contributed by atoms with Crippen molar-refractivity contribution < 1.29 is 107 Å². The Morgan fingerprint density at radius 1 is 0.425 bits per heavy atom. The number of carboxylic acid groups (broad SMARTS) is 2. The lowest BCUT2D eigenvalue weighted by atomic mass is 9.96. The molecule has 8 N–H and O–H groups in total. The number of carbonyl (C=O) groups is 7. The van der Waals surface area contributed by atoms with E-state index in [0.29, 0.717) is 64.1 Å². The predicted molar refractivity (Wildman–Crippen MR) is 514 cm³/mol. The van der Waals surface area contributed by atoms with Gasteiger partial charge in [-0.1, -0.05) is 0 Å². The highest BCUT2D eigenvalue weighted by molar-refractivity contribution is 6.01. The van der Waals surface area contributed by atoms with Gasteiger partial charge in [0.1, 0.15) is 128 Å². The van der Waals surface area contributed by atoms with Crippen LogP contribution in [0.2, 0.25) is 0 Å². The van der Waals surface area contributed by atoms with Crippen LogP contribution >= 0.6 is 0 Å². The monoisotopic (exact) mass is 2030 g/mol. The van der Waals surface area contributed by atoms with Crippen molar-refractivity contribution in [3.8, 4) is 24.3 Å². The number of fused-ring (bicyclic) bond motifs is 4. The van der Waals surface area contributed by atoms with Crippen molar-refractivity contribution in [2.75, 3.05) is 80.3 Å². The van der Waals surface area contributed by atoms with Crippen molar-refractivity contribution in [1.29, 1.82) is 21.0 Å². The van der Waals surface area contributed by atoms with Crippen LogP contribution in [-0.4, -0.2) is 200 Å². The van der Waals surface area contributed by atoms with Crippen molar-refractivity contribution in [1.82, 2.24) is 39.5 Å². The summed E-state index contributed by atoms with van der Waals surface area (Å²) >= 11 is 0. The number of alkyl carbamates (subject to hydrolysis) is 3. The number of hydrogen-bond donors (Lipinski definition) is 7. The van der Waals surface area contributed by atoms with Crippen LogP contribution < -0.4 is 63.4 Å². The summed E-state index contributed by atoms with van der Waals surface area (Å²) in [6.45, 7) is 24.2. The molecular formula is C103H113F9N16O18. The van der Waals surface area contributed by atoms with Gasteiger partial charge < -0.3 is 93.9 Å². The molecule has 3 amide bonds. The zero-order valence-corrected chi connectivity index (χ0v) is 82.3. The number of nitriles is 4. The molecule has 776 valence electrons. The summed E-state index contributed by atoms with van der Waals surface area (Å²) in [4.78, 5) is 141. The lowest BCUT2D eigenvalue weighted by molar-refractivity contribution is 0.0465. The van der Waals surface area contributed by atoms with Gasteiger partial charge >= 0.3 is 42.2 Å². The zero-order chi connectivity index (χ0) is 106. The van der Waals surface area contributed by atoms with Crippen LogP contribution in [0, 0.1) is 98.1 Å². The Hall–Kier alpha value is -13.9. The Balaban J connectivity index is 0.000000134. The van der Waals surface area contributed by atoms with E-state index in [2.05, 4.69) is 27.3 Å². The second-order valence-corrected chi connectivity index (χ2v) is 42.8. The first-order chi connectivity index (χ1) is 68.8. The summed E-state index contributed by atoms with van der Waals surface area (Å²) in [5.74, 6) is -9.23. The highest BCUT2D eigenvalue weighted by Gasteiger charge is 2.57. The van der Waals surface area contributed by atoms with Gasteiger partial charge in [-0.2, -0.15) is 21.0 Å². The Morgan fingerprint density at radius 2 is 0.699 bits per heavy atom. The van der Waals surface area contributed by atoms with Crippen molar-refractivity contribution in [2.24, 2.45) is 29.4 Å². The molecule has 8 aromatic rings. The molecule has 0 spiro atoms. The van der Waals surface area contributed by atoms with E-state index in [9.17, 15) is 105 Å². The molecule has 4 saturated heterocycles. The first-order valence-corrected chi connectivity index (χ1v) is 48.9. The number of benzene rings is 4. The van der Waals surface area contributed by atoms with Crippen LogP contribution in [0.4, 0.5) is 71.0 Å². The number of aromatic nitrogens is 4. The number of amides is 3. The first kappa shape index (κ1) is 105. The maximum Gasteiger partial charge on any atom is 0.408 e. The van der Waals surface area contributed by atoms with Gasteiger partial charge in [-0.3, -0.25) is 19.2 Å².